The molecule has 0 spiro atoms. The van der Waals surface area contributed by atoms with Gasteiger partial charge in [-0.3, -0.25) is 19.2 Å². The number of carbonyl (C=O) groups excluding carboxylic acids is 3. The van der Waals surface area contributed by atoms with E-state index >= 15 is 0 Å². The fraction of sp³-hybridized carbons (Fsp3) is 0.286. The van der Waals surface area contributed by atoms with E-state index in [-0.39, 0.29) is 23.4 Å². The summed E-state index contributed by atoms with van der Waals surface area (Å²) in [5.74, 6) is -1.82. The van der Waals surface area contributed by atoms with Crippen molar-refractivity contribution >= 4 is 45.5 Å². The Hall–Kier alpha value is -2.46. The van der Waals surface area contributed by atoms with Gasteiger partial charge in [-0.1, -0.05) is 11.3 Å². The van der Waals surface area contributed by atoms with E-state index in [0.29, 0.717) is 5.00 Å². The first kappa shape index (κ1) is 17.9. The van der Waals surface area contributed by atoms with Crippen LogP contribution in [-0.2, 0) is 20.9 Å². The van der Waals surface area contributed by atoms with Crippen molar-refractivity contribution in [3.8, 4) is 0 Å². The van der Waals surface area contributed by atoms with Crippen molar-refractivity contribution in [2.75, 3.05) is 11.9 Å². The van der Waals surface area contributed by atoms with Crippen molar-refractivity contribution in [2.45, 2.75) is 19.9 Å². The van der Waals surface area contributed by atoms with Gasteiger partial charge < -0.3 is 20.4 Å². The van der Waals surface area contributed by atoms with Crippen LogP contribution in [-0.4, -0.2) is 29.0 Å². The van der Waals surface area contributed by atoms with Crippen molar-refractivity contribution < 1.29 is 19.1 Å². The molecular formula is C14H15N3O5S2. The second-order valence-corrected chi connectivity index (χ2v) is 6.52. The summed E-state index contributed by atoms with van der Waals surface area (Å²) in [7, 11) is 0. The van der Waals surface area contributed by atoms with Crippen molar-refractivity contribution in [1.82, 2.24) is 4.57 Å². The number of ether oxygens (including phenoxy) is 1. The molecule has 2 aromatic rings. The molecule has 8 nitrogen and oxygen atoms in total. The molecule has 10 heteroatoms. The summed E-state index contributed by atoms with van der Waals surface area (Å²) in [6, 6.07) is 1.50. The number of aryl methyl sites for hydroxylation is 1. The zero-order chi connectivity index (χ0) is 17.7. The molecule has 0 aromatic carbocycles. The lowest BCUT2D eigenvalue weighted by atomic mass is 10.3. The highest BCUT2D eigenvalue weighted by molar-refractivity contribution is 7.14. The van der Waals surface area contributed by atoms with Crippen molar-refractivity contribution in [3.63, 3.8) is 0 Å². The number of primary amides is 1. The molecule has 0 bridgehead atoms. The minimum Gasteiger partial charge on any atom is -0.456 e. The van der Waals surface area contributed by atoms with E-state index in [1.54, 1.807) is 17.7 Å². The number of aromatic nitrogens is 1. The largest absolute Gasteiger partial charge is 0.456 e. The third-order valence-electron chi connectivity index (χ3n) is 3.06. The number of nitrogens with one attached hydrogen (secondary N) is 1. The predicted molar refractivity (Wildman–Crippen MR) is 90.4 cm³/mol. The van der Waals surface area contributed by atoms with Crippen molar-refractivity contribution in [1.29, 1.82) is 0 Å². The molecular weight excluding hydrogens is 354 g/mol. The van der Waals surface area contributed by atoms with Gasteiger partial charge in [-0.15, -0.1) is 11.3 Å². The highest BCUT2D eigenvalue weighted by Gasteiger charge is 2.14. The molecule has 2 aromatic heterocycles. The summed E-state index contributed by atoms with van der Waals surface area (Å²) in [4.78, 5) is 45.9. The van der Waals surface area contributed by atoms with Crippen molar-refractivity contribution in [3.05, 3.63) is 37.8 Å². The van der Waals surface area contributed by atoms with Crippen LogP contribution >= 0.6 is 22.7 Å². The second kappa shape index (κ2) is 7.88. The smallest absolute Gasteiger partial charge is 0.308 e. The summed E-state index contributed by atoms with van der Waals surface area (Å²) in [6.07, 6.45) is -0.0176. The summed E-state index contributed by atoms with van der Waals surface area (Å²) < 4.78 is 6.33. The molecule has 0 aliphatic heterocycles. The number of thiophene rings is 1. The van der Waals surface area contributed by atoms with Gasteiger partial charge >= 0.3 is 10.8 Å². The van der Waals surface area contributed by atoms with E-state index in [9.17, 15) is 19.2 Å². The number of esters is 1. The van der Waals surface area contributed by atoms with Gasteiger partial charge in [-0.05, 0) is 18.4 Å². The summed E-state index contributed by atoms with van der Waals surface area (Å²) in [5.41, 5.74) is 6.14. The molecule has 0 aliphatic rings. The Kier molecular flexibility index (Phi) is 5.88. The highest BCUT2D eigenvalue weighted by atomic mass is 32.1. The van der Waals surface area contributed by atoms with Crippen LogP contribution in [0.5, 0.6) is 0 Å². The molecule has 3 N–H and O–H groups in total. The van der Waals surface area contributed by atoms with Crippen LogP contribution in [0.1, 0.15) is 22.5 Å². The van der Waals surface area contributed by atoms with Crippen molar-refractivity contribution in [2.24, 2.45) is 5.73 Å². The quantitative estimate of drug-likeness (QED) is 0.704. The second-order valence-electron chi connectivity index (χ2n) is 4.78. The first-order valence-corrected chi connectivity index (χ1v) is 8.62. The number of carbonyl (C=O) groups is 3. The minimum atomic E-state index is -0.653. The van der Waals surface area contributed by atoms with E-state index in [2.05, 4.69) is 5.32 Å². The lowest BCUT2D eigenvalue weighted by molar-refractivity contribution is -0.147. The van der Waals surface area contributed by atoms with Gasteiger partial charge in [0.2, 0.25) is 0 Å². The lowest BCUT2D eigenvalue weighted by Gasteiger charge is -2.07. The monoisotopic (exact) mass is 369 g/mol. The number of hydrogen-bond acceptors (Lipinski definition) is 7. The number of anilines is 1. The van der Waals surface area contributed by atoms with E-state index in [1.807, 2.05) is 0 Å². The van der Waals surface area contributed by atoms with Gasteiger partial charge in [0.15, 0.2) is 6.61 Å². The van der Waals surface area contributed by atoms with Gasteiger partial charge in [0, 0.05) is 17.6 Å². The maximum absolute atomic E-state index is 11.7. The maximum Gasteiger partial charge on any atom is 0.308 e. The van der Waals surface area contributed by atoms with Crippen LogP contribution in [0.25, 0.3) is 0 Å². The number of amides is 2. The normalized spacial score (nSPS) is 10.4. The SMILES string of the molecule is Cc1csc(=O)n1CCC(=O)OCC(=O)Nc1sccc1C(N)=O. The Morgan fingerprint density at radius 1 is 1.33 bits per heavy atom. The number of nitrogens with two attached hydrogens (primary N) is 1. The van der Waals surface area contributed by atoms with E-state index in [4.69, 9.17) is 10.5 Å². The summed E-state index contributed by atoms with van der Waals surface area (Å²) in [5, 5.41) is 6.09. The van der Waals surface area contributed by atoms with Gasteiger partial charge in [0.05, 0.1) is 12.0 Å². The van der Waals surface area contributed by atoms with Crippen LogP contribution in [0.3, 0.4) is 0 Å². The Morgan fingerprint density at radius 3 is 2.71 bits per heavy atom. The third kappa shape index (κ3) is 4.52. The highest BCUT2D eigenvalue weighted by Crippen LogP contribution is 2.22. The Balaban J connectivity index is 1.79. The Morgan fingerprint density at radius 2 is 2.08 bits per heavy atom. The first-order chi connectivity index (χ1) is 11.4. The number of thiazole rings is 1. The van der Waals surface area contributed by atoms with Crippen LogP contribution < -0.4 is 15.9 Å². The number of hydrogen-bond donors (Lipinski definition) is 2. The van der Waals surface area contributed by atoms with Crippen LogP contribution in [0, 0.1) is 6.92 Å². The Bertz CT molecular complexity index is 820. The van der Waals surface area contributed by atoms with E-state index < -0.39 is 24.4 Å². The van der Waals surface area contributed by atoms with Gasteiger partial charge in [0.1, 0.15) is 5.00 Å². The van der Waals surface area contributed by atoms with Crippen LogP contribution in [0.15, 0.2) is 21.6 Å². The average Bonchev–Trinajstić information content (AvgIpc) is 3.11. The number of nitrogens with zero attached hydrogens (tertiary/aromatic N) is 1. The molecule has 0 aliphatic carbocycles. The standard InChI is InChI=1S/C14H15N3O5S2/c1-8-7-24-14(21)17(8)4-2-11(19)22-6-10(18)16-13-9(12(15)20)3-5-23-13/h3,5,7H,2,4,6H2,1H3,(H2,15,20)(H,16,18). The third-order valence-corrected chi connectivity index (χ3v) is 4.77. The molecule has 2 amide bonds. The lowest BCUT2D eigenvalue weighted by Crippen LogP contribution is -2.23. The molecule has 0 saturated heterocycles. The zero-order valence-corrected chi connectivity index (χ0v) is 14.4. The average molecular weight is 369 g/mol. The maximum atomic E-state index is 11.7. The van der Waals surface area contributed by atoms with E-state index in [0.717, 1.165) is 28.4 Å². The molecule has 24 heavy (non-hydrogen) atoms. The van der Waals surface area contributed by atoms with E-state index in [1.165, 1.54) is 10.6 Å². The summed E-state index contributed by atoms with van der Waals surface area (Å²) >= 11 is 2.20. The topological polar surface area (TPSA) is 120 Å². The van der Waals surface area contributed by atoms with Crippen LogP contribution in [0.2, 0.25) is 0 Å². The molecule has 0 atom stereocenters. The molecule has 128 valence electrons. The fourth-order valence-corrected chi connectivity index (χ4v) is 3.43. The predicted octanol–water partition coefficient (Wildman–Crippen LogP) is 0.951. The number of rotatable bonds is 7. The Labute approximate surface area is 144 Å². The van der Waals surface area contributed by atoms with Crippen LogP contribution in [0.4, 0.5) is 5.00 Å². The summed E-state index contributed by atoms with van der Waals surface area (Å²) in [6.45, 7) is 1.49. The first-order valence-electron chi connectivity index (χ1n) is 6.86. The fourth-order valence-electron chi connectivity index (χ4n) is 1.86. The molecule has 0 saturated carbocycles. The molecule has 2 heterocycles. The van der Waals surface area contributed by atoms with Gasteiger partial charge in [-0.25, -0.2) is 0 Å². The van der Waals surface area contributed by atoms with Gasteiger partial charge in [-0.2, -0.15) is 0 Å². The zero-order valence-electron chi connectivity index (χ0n) is 12.7. The molecule has 0 unspecified atom stereocenters. The van der Waals surface area contributed by atoms with Gasteiger partial charge in [0.25, 0.3) is 11.8 Å². The minimum absolute atomic E-state index is 0.0176. The molecule has 0 fully saturated rings. The molecule has 2 rings (SSSR count). The molecule has 0 radical (unpaired) electrons.